The first-order valence-corrected chi connectivity index (χ1v) is 9.31. The van der Waals surface area contributed by atoms with E-state index in [4.69, 9.17) is 4.74 Å². The third kappa shape index (κ3) is 5.05. The van der Waals surface area contributed by atoms with Gasteiger partial charge < -0.3 is 9.47 Å². The van der Waals surface area contributed by atoms with E-state index in [0.29, 0.717) is 22.8 Å². The second kappa shape index (κ2) is 9.48. The lowest BCUT2D eigenvalue weighted by atomic mass is 10.1. The van der Waals surface area contributed by atoms with Gasteiger partial charge in [-0.2, -0.15) is 5.10 Å². The lowest BCUT2D eigenvalue weighted by molar-refractivity contribution is 0.0600. The molecule has 2 aromatic carbocycles. The minimum Gasteiger partial charge on any atom is -0.488 e. The average Bonchev–Trinajstić information content (AvgIpc) is 3.28. The van der Waals surface area contributed by atoms with Crippen molar-refractivity contribution in [3.63, 3.8) is 0 Å². The number of para-hydroxylation sites is 1. The van der Waals surface area contributed by atoms with E-state index < -0.39 is 0 Å². The van der Waals surface area contributed by atoms with E-state index in [-0.39, 0.29) is 11.9 Å². The van der Waals surface area contributed by atoms with Crippen molar-refractivity contribution >= 4 is 29.4 Å². The monoisotopic (exact) mass is 394 g/mol. The maximum absolute atomic E-state index is 11.9. The van der Waals surface area contributed by atoms with E-state index >= 15 is 0 Å². The summed E-state index contributed by atoms with van der Waals surface area (Å²) in [4.78, 5) is 24.0. The van der Waals surface area contributed by atoms with Crippen molar-refractivity contribution in [2.45, 2.75) is 6.61 Å². The quantitative estimate of drug-likeness (QED) is 0.375. The summed E-state index contributed by atoms with van der Waals surface area (Å²) in [6.07, 6.45) is 1.54. The average molecular weight is 394 g/mol. The van der Waals surface area contributed by atoms with Gasteiger partial charge >= 0.3 is 5.97 Å². The highest BCUT2D eigenvalue weighted by atomic mass is 32.1. The molecule has 0 spiro atoms. The first-order valence-electron chi connectivity index (χ1n) is 8.43. The molecule has 0 fully saturated rings. The molecule has 0 radical (unpaired) electrons. The molecule has 3 aromatic rings. The van der Waals surface area contributed by atoms with Gasteiger partial charge in [-0.25, -0.2) is 10.2 Å². The van der Waals surface area contributed by atoms with E-state index in [2.05, 4.69) is 15.3 Å². The summed E-state index contributed by atoms with van der Waals surface area (Å²) in [6, 6.07) is 17.9. The highest BCUT2D eigenvalue weighted by Gasteiger charge is 2.07. The molecule has 6 nitrogen and oxygen atoms in total. The van der Waals surface area contributed by atoms with Crippen LogP contribution in [0.25, 0.3) is 0 Å². The Labute approximate surface area is 166 Å². The van der Waals surface area contributed by atoms with Crippen molar-refractivity contribution in [3.05, 3.63) is 87.6 Å². The molecular weight excluding hydrogens is 376 g/mol. The molecule has 0 bridgehead atoms. The summed E-state index contributed by atoms with van der Waals surface area (Å²) in [5.41, 5.74) is 4.63. The van der Waals surface area contributed by atoms with Gasteiger partial charge in [0.1, 0.15) is 12.4 Å². The fourth-order valence-electron chi connectivity index (χ4n) is 2.36. The highest BCUT2D eigenvalue weighted by Crippen LogP contribution is 2.18. The smallest absolute Gasteiger partial charge is 0.337 e. The number of carbonyl (C=O) groups is 2. The van der Waals surface area contributed by atoms with Crippen LogP contribution in [0.4, 0.5) is 0 Å². The van der Waals surface area contributed by atoms with Gasteiger partial charge in [-0.1, -0.05) is 30.3 Å². The Balaban J connectivity index is 1.61. The van der Waals surface area contributed by atoms with Gasteiger partial charge in [0.25, 0.3) is 5.91 Å². The molecule has 1 amide bonds. The van der Waals surface area contributed by atoms with Crippen LogP contribution in [0.5, 0.6) is 5.75 Å². The van der Waals surface area contributed by atoms with Crippen LogP contribution in [0.2, 0.25) is 0 Å². The molecule has 142 valence electrons. The molecule has 0 saturated heterocycles. The number of hydrogen-bond donors (Lipinski definition) is 1. The number of nitrogens with zero attached hydrogens (tertiary/aromatic N) is 1. The molecule has 28 heavy (non-hydrogen) atoms. The van der Waals surface area contributed by atoms with Crippen LogP contribution in [0.15, 0.2) is 71.1 Å². The minimum absolute atomic E-state index is 0.254. The molecule has 0 saturated carbocycles. The maximum Gasteiger partial charge on any atom is 0.337 e. The fraction of sp³-hybridized carbons (Fsp3) is 0.0952. The van der Waals surface area contributed by atoms with Crippen LogP contribution in [0.1, 0.15) is 31.2 Å². The van der Waals surface area contributed by atoms with Gasteiger partial charge in [0.2, 0.25) is 0 Å². The van der Waals surface area contributed by atoms with Crippen LogP contribution >= 0.6 is 11.3 Å². The molecule has 1 heterocycles. The molecule has 1 N–H and O–H groups in total. The Morgan fingerprint density at radius 3 is 2.57 bits per heavy atom. The lowest BCUT2D eigenvalue weighted by Gasteiger charge is -2.09. The Bertz CT molecular complexity index is 966. The van der Waals surface area contributed by atoms with Gasteiger partial charge in [0, 0.05) is 5.56 Å². The predicted octanol–water partition coefficient (Wildman–Crippen LogP) is 3.88. The Kier molecular flexibility index (Phi) is 6.54. The number of rotatable bonds is 7. The molecule has 0 aliphatic heterocycles. The standard InChI is InChI=1S/C21H18N2O4S/c1-26-21(25)16-10-8-15(9-11-16)14-27-18-6-3-2-5-17(18)13-22-23-20(24)19-7-4-12-28-19/h2-13H,14H2,1H3,(H,23,24). The van der Waals surface area contributed by atoms with Gasteiger partial charge in [-0.3, -0.25) is 4.79 Å². The van der Waals surface area contributed by atoms with Crippen LogP contribution in [0.3, 0.4) is 0 Å². The summed E-state index contributed by atoms with van der Waals surface area (Å²) < 4.78 is 10.5. The van der Waals surface area contributed by atoms with Crippen molar-refractivity contribution in [1.29, 1.82) is 0 Å². The Morgan fingerprint density at radius 1 is 1.07 bits per heavy atom. The van der Waals surface area contributed by atoms with Crippen LogP contribution in [-0.2, 0) is 11.3 Å². The fourth-order valence-corrected chi connectivity index (χ4v) is 2.97. The summed E-state index contributed by atoms with van der Waals surface area (Å²) >= 11 is 1.35. The van der Waals surface area contributed by atoms with Crippen molar-refractivity contribution < 1.29 is 19.1 Å². The Morgan fingerprint density at radius 2 is 1.86 bits per heavy atom. The SMILES string of the molecule is COC(=O)c1ccc(COc2ccccc2C=NNC(=O)c2cccs2)cc1. The van der Waals surface area contributed by atoms with E-state index in [1.54, 1.807) is 24.4 Å². The zero-order chi connectivity index (χ0) is 19.8. The number of methoxy groups -OCH3 is 1. The molecule has 7 heteroatoms. The number of esters is 1. The number of nitrogens with one attached hydrogen (secondary N) is 1. The maximum atomic E-state index is 11.9. The Hall–Kier alpha value is -3.45. The van der Waals surface area contributed by atoms with E-state index in [0.717, 1.165) is 11.1 Å². The zero-order valence-corrected chi connectivity index (χ0v) is 15.9. The van der Waals surface area contributed by atoms with Crippen molar-refractivity contribution in [1.82, 2.24) is 5.43 Å². The van der Waals surface area contributed by atoms with Gasteiger partial charge in [0.05, 0.1) is 23.8 Å². The lowest BCUT2D eigenvalue weighted by Crippen LogP contribution is -2.16. The van der Waals surface area contributed by atoms with Crippen LogP contribution in [-0.4, -0.2) is 25.2 Å². The predicted molar refractivity (Wildman–Crippen MR) is 108 cm³/mol. The first kappa shape index (κ1) is 19.3. The van der Waals surface area contributed by atoms with Gasteiger partial charge in [0.15, 0.2) is 0 Å². The number of carbonyl (C=O) groups excluding carboxylic acids is 2. The normalized spacial score (nSPS) is 10.6. The first-order chi connectivity index (χ1) is 13.7. The van der Waals surface area contributed by atoms with Crippen LogP contribution < -0.4 is 10.2 Å². The number of ether oxygens (including phenoxy) is 2. The molecule has 0 atom stereocenters. The summed E-state index contributed by atoms with van der Waals surface area (Å²) in [5.74, 6) is 0.00244. The molecule has 3 rings (SSSR count). The summed E-state index contributed by atoms with van der Waals surface area (Å²) in [7, 11) is 1.35. The summed E-state index contributed by atoms with van der Waals surface area (Å²) in [5, 5.41) is 5.84. The second-order valence-corrected chi connectivity index (χ2v) is 6.64. The van der Waals surface area contributed by atoms with E-state index in [1.165, 1.54) is 18.4 Å². The third-order valence-corrected chi connectivity index (χ3v) is 4.67. The number of hydrazone groups is 1. The molecular formula is C21H18N2O4S. The zero-order valence-electron chi connectivity index (χ0n) is 15.1. The number of thiophene rings is 1. The third-order valence-electron chi connectivity index (χ3n) is 3.80. The number of amides is 1. The largest absolute Gasteiger partial charge is 0.488 e. The molecule has 0 aliphatic carbocycles. The van der Waals surface area contributed by atoms with Crippen molar-refractivity contribution in [2.75, 3.05) is 7.11 Å². The molecule has 0 unspecified atom stereocenters. The summed E-state index contributed by atoms with van der Waals surface area (Å²) in [6.45, 7) is 0.327. The van der Waals surface area contributed by atoms with Crippen molar-refractivity contribution in [3.8, 4) is 5.75 Å². The number of hydrogen-bond acceptors (Lipinski definition) is 6. The minimum atomic E-state index is -0.376. The van der Waals surface area contributed by atoms with Crippen LogP contribution in [0, 0.1) is 0 Å². The molecule has 1 aromatic heterocycles. The van der Waals surface area contributed by atoms with E-state index in [1.807, 2.05) is 47.8 Å². The topological polar surface area (TPSA) is 77.0 Å². The van der Waals surface area contributed by atoms with Gasteiger partial charge in [-0.05, 0) is 41.3 Å². The highest BCUT2D eigenvalue weighted by molar-refractivity contribution is 7.12. The second-order valence-electron chi connectivity index (χ2n) is 5.69. The number of benzene rings is 2. The van der Waals surface area contributed by atoms with Gasteiger partial charge in [-0.15, -0.1) is 11.3 Å². The van der Waals surface area contributed by atoms with Crippen molar-refractivity contribution in [2.24, 2.45) is 5.10 Å². The van der Waals surface area contributed by atoms with E-state index in [9.17, 15) is 9.59 Å². The molecule has 0 aliphatic rings.